The Morgan fingerprint density at radius 2 is 1.78 bits per heavy atom. The third kappa shape index (κ3) is 4.73. The highest BCUT2D eigenvalue weighted by molar-refractivity contribution is 7.89. The Morgan fingerprint density at radius 1 is 1.11 bits per heavy atom. The van der Waals surface area contributed by atoms with Gasteiger partial charge in [-0.3, -0.25) is 4.79 Å². The van der Waals surface area contributed by atoms with Crippen LogP contribution >= 0.6 is 0 Å². The molecule has 1 heterocycles. The quantitative estimate of drug-likeness (QED) is 0.821. The molecule has 3 rings (SSSR count). The van der Waals surface area contributed by atoms with Crippen LogP contribution < -0.4 is 5.32 Å². The highest BCUT2D eigenvalue weighted by Crippen LogP contribution is 2.21. The molecule has 0 aliphatic carbocycles. The number of hydrogen-bond donors (Lipinski definition) is 1. The third-order valence-electron chi connectivity index (χ3n) is 4.73. The van der Waals surface area contributed by atoms with Gasteiger partial charge in [0.15, 0.2) is 0 Å². The van der Waals surface area contributed by atoms with E-state index in [2.05, 4.69) is 5.32 Å². The van der Waals surface area contributed by atoms with Crippen molar-refractivity contribution in [3.63, 3.8) is 0 Å². The number of sulfonamides is 1. The molecule has 1 N–H and O–H groups in total. The van der Waals surface area contributed by atoms with Crippen LogP contribution in [0.1, 0.15) is 30.4 Å². The second-order valence-corrected chi connectivity index (χ2v) is 8.70. The van der Waals surface area contributed by atoms with Crippen LogP contribution in [0, 0.1) is 12.7 Å². The summed E-state index contributed by atoms with van der Waals surface area (Å²) in [6.07, 6.45) is 2.56. The summed E-state index contributed by atoms with van der Waals surface area (Å²) in [6.45, 7) is 2.89. The molecule has 5 nitrogen and oxygen atoms in total. The average molecular weight is 390 g/mol. The third-order valence-corrected chi connectivity index (χ3v) is 6.64. The lowest BCUT2D eigenvalue weighted by Crippen LogP contribution is -2.27. The second kappa shape index (κ2) is 8.19. The molecule has 7 heteroatoms. The Labute approximate surface area is 159 Å². The number of anilines is 1. The number of amides is 1. The molecule has 1 saturated heterocycles. The summed E-state index contributed by atoms with van der Waals surface area (Å²) in [4.78, 5) is 12.4. The molecular weight excluding hydrogens is 367 g/mol. The highest BCUT2D eigenvalue weighted by atomic mass is 32.2. The zero-order valence-electron chi connectivity index (χ0n) is 15.2. The molecule has 1 aliphatic rings. The monoisotopic (exact) mass is 390 g/mol. The predicted octanol–water partition coefficient (Wildman–Crippen LogP) is 3.49. The van der Waals surface area contributed by atoms with Crippen LogP contribution in [0.15, 0.2) is 47.4 Å². The maximum absolute atomic E-state index is 13.1. The smallest absolute Gasteiger partial charge is 0.243 e. The lowest BCUT2D eigenvalue weighted by atomic mass is 10.1. The Hall–Kier alpha value is -2.25. The van der Waals surface area contributed by atoms with Crippen molar-refractivity contribution in [2.75, 3.05) is 18.4 Å². The fourth-order valence-corrected chi connectivity index (χ4v) is 4.66. The molecular formula is C20H23FN2O3S. The summed E-state index contributed by atoms with van der Waals surface area (Å²) in [7, 11) is -3.41. The molecule has 0 atom stereocenters. The topological polar surface area (TPSA) is 66.5 Å². The Balaban J connectivity index is 1.57. The first-order chi connectivity index (χ1) is 12.9. The largest absolute Gasteiger partial charge is 0.326 e. The summed E-state index contributed by atoms with van der Waals surface area (Å²) < 4.78 is 39.6. The van der Waals surface area contributed by atoms with Crippen molar-refractivity contribution in [3.05, 3.63) is 59.4 Å². The van der Waals surface area contributed by atoms with E-state index in [0.717, 1.165) is 18.4 Å². The molecule has 0 aromatic heterocycles. The average Bonchev–Trinajstić information content (AvgIpc) is 3.18. The lowest BCUT2D eigenvalue weighted by molar-refractivity contribution is -0.116. The molecule has 0 spiro atoms. The van der Waals surface area contributed by atoms with Crippen LogP contribution in [0.2, 0.25) is 0 Å². The van der Waals surface area contributed by atoms with Gasteiger partial charge in [0, 0.05) is 25.2 Å². The van der Waals surface area contributed by atoms with Crippen molar-refractivity contribution >= 4 is 21.6 Å². The molecule has 2 aromatic carbocycles. The van der Waals surface area contributed by atoms with Gasteiger partial charge in [-0.25, -0.2) is 12.8 Å². The van der Waals surface area contributed by atoms with Gasteiger partial charge < -0.3 is 5.32 Å². The minimum Gasteiger partial charge on any atom is -0.326 e. The van der Waals surface area contributed by atoms with E-state index in [1.807, 2.05) is 0 Å². The number of benzene rings is 2. The number of halogens is 1. The first kappa shape index (κ1) is 19.5. The molecule has 0 unspecified atom stereocenters. The van der Waals surface area contributed by atoms with Crippen LogP contribution in [0.3, 0.4) is 0 Å². The SMILES string of the molecule is Cc1cc(F)ccc1NC(=O)CCc1ccc(S(=O)(=O)N2CCCC2)cc1. The van der Waals surface area contributed by atoms with Gasteiger partial charge in [-0.2, -0.15) is 4.31 Å². The first-order valence-electron chi connectivity index (χ1n) is 9.01. The zero-order valence-corrected chi connectivity index (χ0v) is 16.1. The van der Waals surface area contributed by atoms with Crippen LogP contribution in [0.5, 0.6) is 0 Å². The molecule has 144 valence electrons. The van der Waals surface area contributed by atoms with E-state index in [1.54, 1.807) is 37.3 Å². The van der Waals surface area contributed by atoms with Crippen molar-refractivity contribution in [2.45, 2.75) is 37.5 Å². The Morgan fingerprint density at radius 3 is 2.41 bits per heavy atom. The van der Waals surface area contributed by atoms with Crippen LogP contribution in [0.4, 0.5) is 10.1 Å². The number of carbonyl (C=O) groups is 1. The van der Waals surface area contributed by atoms with Gasteiger partial charge in [0.25, 0.3) is 0 Å². The number of hydrogen-bond acceptors (Lipinski definition) is 3. The van der Waals surface area contributed by atoms with Crippen molar-refractivity contribution in [1.82, 2.24) is 4.31 Å². The zero-order chi connectivity index (χ0) is 19.4. The van der Waals surface area contributed by atoms with Crippen molar-refractivity contribution in [2.24, 2.45) is 0 Å². The molecule has 1 fully saturated rings. The number of nitrogens with zero attached hydrogens (tertiary/aromatic N) is 1. The van der Waals surface area contributed by atoms with E-state index in [4.69, 9.17) is 0 Å². The van der Waals surface area contributed by atoms with Gasteiger partial charge in [0.1, 0.15) is 5.82 Å². The van der Waals surface area contributed by atoms with E-state index in [9.17, 15) is 17.6 Å². The summed E-state index contributed by atoms with van der Waals surface area (Å²) in [5, 5.41) is 2.77. The molecule has 2 aromatic rings. The van der Waals surface area contributed by atoms with Crippen LogP contribution in [0.25, 0.3) is 0 Å². The number of aryl methyl sites for hydroxylation is 2. The molecule has 27 heavy (non-hydrogen) atoms. The summed E-state index contributed by atoms with van der Waals surface area (Å²) in [5.74, 6) is -0.507. The summed E-state index contributed by atoms with van der Waals surface area (Å²) >= 11 is 0. The highest BCUT2D eigenvalue weighted by Gasteiger charge is 2.26. The van der Waals surface area contributed by atoms with Gasteiger partial charge in [0.2, 0.25) is 15.9 Å². The van der Waals surface area contributed by atoms with Gasteiger partial charge in [-0.1, -0.05) is 12.1 Å². The standard InChI is InChI=1S/C20H23FN2O3S/c1-15-14-17(21)7-10-19(15)22-20(24)11-6-16-4-8-18(9-5-16)27(25,26)23-12-2-3-13-23/h4-5,7-10,14H,2-3,6,11-13H2,1H3,(H,22,24). The number of nitrogens with one attached hydrogen (secondary N) is 1. The van der Waals surface area contributed by atoms with Crippen LogP contribution in [-0.2, 0) is 21.2 Å². The molecule has 0 saturated carbocycles. The van der Waals surface area contributed by atoms with Crippen molar-refractivity contribution < 1.29 is 17.6 Å². The Bertz CT molecular complexity index is 921. The summed E-state index contributed by atoms with van der Waals surface area (Å²) in [6, 6.07) is 10.9. The fourth-order valence-electron chi connectivity index (χ4n) is 3.14. The normalized spacial score (nSPS) is 15.0. The lowest BCUT2D eigenvalue weighted by Gasteiger charge is -2.15. The van der Waals surface area contributed by atoms with E-state index < -0.39 is 10.0 Å². The molecule has 1 aliphatic heterocycles. The van der Waals surface area contributed by atoms with E-state index in [-0.39, 0.29) is 18.1 Å². The minimum absolute atomic E-state index is 0.168. The fraction of sp³-hybridized carbons (Fsp3) is 0.350. The van der Waals surface area contributed by atoms with Gasteiger partial charge >= 0.3 is 0 Å². The van der Waals surface area contributed by atoms with E-state index >= 15 is 0 Å². The predicted molar refractivity (Wildman–Crippen MR) is 103 cm³/mol. The number of carbonyl (C=O) groups excluding carboxylic acids is 1. The number of rotatable bonds is 6. The molecule has 1 amide bonds. The van der Waals surface area contributed by atoms with Gasteiger partial charge in [-0.15, -0.1) is 0 Å². The molecule has 0 bridgehead atoms. The van der Waals surface area contributed by atoms with Crippen molar-refractivity contribution in [1.29, 1.82) is 0 Å². The summed E-state index contributed by atoms with van der Waals surface area (Å²) in [5.41, 5.74) is 2.15. The van der Waals surface area contributed by atoms with Crippen molar-refractivity contribution in [3.8, 4) is 0 Å². The van der Waals surface area contributed by atoms with Crippen LogP contribution in [-0.4, -0.2) is 31.7 Å². The molecule has 0 radical (unpaired) electrons. The first-order valence-corrected chi connectivity index (χ1v) is 10.5. The van der Waals surface area contributed by atoms with E-state index in [1.165, 1.54) is 16.4 Å². The maximum Gasteiger partial charge on any atom is 0.243 e. The Kier molecular flexibility index (Phi) is 5.92. The van der Waals surface area contributed by atoms with E-state index in [0.29, 0.717) is 35.7 Å². The van der Waals surface area contributed by atoms with Gasteiger partial charge in [0.05, 0.1) is 4.90 Å². The van der Waals surface area contributed by atoms with Gasteiger partial charge in [-0.05, 0) is 67.6 Å². The minimum atomic E-state index is -3.41. The maximum atomic E-state index is 13.1. The second-order valence-electron chi connectivity index (χ2n) is 6.76.